The molecular weight excluding hydrogens is 360 g/mol. The molecule has 0 bridgehead atoms. The second kappa shape index (κ2) is 6.70. The summed E-state index contributed by atoms with van der Waals surface area (Å²) in [7, 11) is 0. The smallest absolute Gasteiger partial charge is 0.196 e. The van der Waals surface area contributed by atoms with Crippen LogP contribution in [0.3, 0.4) is 0 Å². The van der Waals surface area contributed by atoms with E-state index in [4.69, 9.17) is 4.74 Å². The van der Waals surface area contributed by atoms with Crippen LogP contribution in [0.25, 0.3) is 0 Å². The van der Waals surface area contributed by atoms with E-state index in [2.05, 4.69) is 26.5 Å². The predicted molar refractivity (Wildman–Crippen MR) is 114 cm³/mol. The fourth-order valence-corrected chi connectivity index (χ4v) is 9.25. The average molecular weight is 401 g/mol. The van der Waals surface area contributed by atoms with Gasteiger partial charge < -0.3 is 14.9 Å². The summed E-state index contributed by atoms with van der Waals surface area (Å²) in [4.78, 5) is 0. The van der Waals surface area contributed by atoms with Crippen LogP contribution < -0.4 is 0 Å². The van der Waals surface area contributed by atoms with Gasteiger partial charge in [-0.3, -0.25) is 0 Å². The van der Waals surface area contributed by atoms with E-state index in [1.807, 2.05) is 13.0 Å². The van der Waals surface area contributed by atoms with Crippen molar-refractivity contribution in [3.05, 3.63) is 17.9 Å². The van der Waals surface area contributed by atoms with Crippen molar-refractivity contribution in [2.75, 3.05) is 0 Å². The Kier molecular flexibility index (Phi) is 4.69. The first kappa shape index (κ1) is 20.3. The zero-order valence-electron chi connectivity index (χ0n) is 18.7. The maximum Gasteiger partial charge on any atom is 0.196 e. The number of rotatable bonds is 1. The predicted octanol–water partition coefficient (Wildman–Crippen LogP) is 5.07. The minimum Gasteiger partial charge on any atom is -0.393 e. The molecule has 11 unspecified atom stereocenters. The highest BCUT2D eigenvalue weighted by Crippen LogP contribution is 2.70. The molecule has 4 aliphatic carbocycles. The number of aliphatic hydroxyl groups is 2. The van der Waals surface area contributed by atoms with Gasteiger partial charge in [-0.05, 0) is 105 Å². The van der Waals surface area contributed by atoms with Gasteiger partial charge in [0, 0.05) is 12.0 Å². The van der Waals surface area contributed by atoms with Crippen LogP contribution >= 0.6 is 0 Å². The van der Waals surface area contributed by atoms with Crippen molar-refractivity contribution in [2.45, 2.75) is 97.1 Å². The van der Waals surface area contributed by atoms with Crippen LogP contribution in [0.5, 0.6) is 0 Å². The van der Waals surface area contributed by atoms with E-state index in [0.717, 1.165) is 37.0 Å². The van der Waals surface area contributed by atoms with Gasteiger partial charge in [-0.25, -0.2) is 0 Å². The molecule has 0 aromatic rings. The molecule has 5 aliphatic rings. The summed E-state index contributed by atoms with van der Waals surface area (Å²) in [6.45, 7) is 9.19. The van der Waals surface area contributed by atoms with Crippen LogP contribution in [0.15, 0.2) is 17.9 Å². The van der Waals surface area contributed by atoms with Gasteiger partial charge in [-0.2, -0.15) is 0 Å². The minimum atomic E-state index is -1.16. The van der Waals surface area contributed by atoms with E-state index >= 15 is 0 Å². The van der Waals surface area contributed by atoms with Crippen LogP contribution in [0.1, 0.15) is 79.1 Å². The molecule has 0 aromatic carbocycles. The van der Waals surface area contributed by atoms with E-state index < -0.39 is 5.79 Å². The number of fused-ring (bicyclic) bond motifs is 7. The maximum absolute atomic E-state index is 11.2. The summed E-state index contributed by atoms with van der Waals surface area (Å²) >= 11 is 0. The van der Waals surface area contributed by atoms with Gasteiger partial charge in [-0.1, -0.05) is 20.8 Å². The molecule has 4 saturated carbocycles. The maximum atomic E-state index is 11.2. The normalized spacial score (nSPS) is 58.4. The third kappa shape index (κ3) is 2.73. The van der Waals surface area contributed by atoms with Crippen molar-refractivity contribution >= 4 is 0 Å². The minimum absolute atomic E-state index is 0.0681. The fraction of sp³-hybridized carbons (Fsp3) is 0.885. The first-order chi connectivity index (χ1) is 13.7. The van der Waals surface area contributed by atoms with E-state index in [-0.39, 0.29) is 23.5 Å². The molecule has 11 atom stereocenters. The van der Waals surface area contributed by atoms with Gasteiger partial charge in [0.1, 0.15) is 0 Å². The highest BCUT2D eigenvalue weighted by molar-refractivity contribution is 5.17. The summed E-state index contributed by atoms with van der Waals surface area (Å²) in [5.74, 6) is 2.43. The molecule has 1 saturated heterocycles. The van der Waals surface area contributed by atoms with Gasteiger partial charge in [0.15, 0.2) is 5.79 Å². The third-order valence-corrected chi connectivity index (χ3v) is 10.7. The van der Waals surface area contributed by atoms with E-state index in [9.17, 15) is 10.2 Å². The molecule has 3 nitrogen and oxygen atoms in total. The Morgan fingerprint density at radius 2 is 1.76 bits per heavy atom. The summed E-state index contributed by atoms with van der Waals surface area (Å²) in [5, 5.41) is 21.4. The molecule has 29 heavy (non-hydrogen) atoms. The average Bonchev–Trinajstić information content (AvgIpc) is 3.11. The zero-order chi connectivity index (χ0) is 20.6. The summed E-state index contributed by atoms with van der Waals surface area (Å²) in [5.41, 5.74) is 3.77. The van der Waals surface area contributed by atoms with Crippen LogP contribution in [0.2, 0.25) is 0 Å². The molecule has 5 rings (SSSR count). The van der Waals surface area contributed by atoms with Crippen molar-refractivity contribution < 1.29 is 14.9 Å². The molecule has 5 fully saturated rings. The highest BCUT2D eigenvalue weighted by atomic mass is 16.6. The van der Waals surface area contributed by atoms with Crippen LogP contribution in [-0.2, 0) is 4.74 Å². The molecule has 0 amide bonds. The Bertz CT molecular complexity index is 725. The summed E-state index contributed by atoms with van der Waals surface area (Å²) < 4.78 is 6.35. The Labute approximate surface area is 176 Å². The van der Waals surface area contributed by atoms with Crippen LogP contribution in [0.4, 0.5) is 0 Å². The van der Waals surface area contributed by atoms with Gasteiger partial charge in [0.05, 0.1) is 12.2 Å². The molecule has 0 aromatic heterocycles. The Morgan fingerprint density at radius 3 is 2.52 bits per heavy atom. The number of aliphatic hydroxyl groups excluding tert-OH is 1. The molecular formula is C26H40O3. The van der Waals surface area contributed by atoms with E-state index in [1.165, 1.54) is 32.1 Å². The lowest BCUT2D eigenvalue weighted by atomic mass is 9.44. The van der Waals surface area contributed by atoms with Gasteiger partial charge >= 0.3 is 0 Å². The lowest BCUT2D eigenvalue weighted by Crippen LogP contribution is -2.54. The number of ether oxygens (including phenoxy) is 1. The third-order valence-electron chi connectivity index (χ3n) is 10.7. The molecule has 1 aliphatic heterocycles. The second-order valence-electron chi connectivity index (χ2n) is 11.7. The Balaban J connectivity index is 1.42. The fourth-order valence-electron chi connectivity index (χ4n) is 9.25. The lowest BCUT2D eigenvalue weighted by molar-refractivity contribution is -0.182. The standard InChI is InChI=1S/C26H40O3/c1-5-6-11-26(28)16(2)23-22(29-26)15-21-19-8-7-17-14-18(27)9-12-24(17,3)20(19)10-13-25(21,23)4/h5,11,16-23,27-28H,7-10,12-15H2,1-4H3. The second-order valence-corrected chi connectivity index (χ2v) is 11.7. The number of hydrogen-bond donors (Lipinski definition) is 2. The SMILES string of the molecule is CC=C=CC1(O)OC2CC3C4CCC5CC(O)CCC5(C)C4CCC3(C)C2C1C. The molecule has 3 heteroatoms. The molecule has 0 spiro atoms. The van der Waals surface area contributed by atoms with E-state index in [1.54, 1.807) is 6.08 Å². The quantitative estimate of drug-likeness (QED) is 0.604. The van der Waals surface area contributed by atoms with Crippen LogP contribution in [-0.4, -0.2) is 28.2 Å². The summed E-state index contributed by atoms with van der Waals surface area (Å²) in [6.07, 6.45) is 13.2. The van der Waals surface area contributed by atoms with Crippen LogP contribution in [0, 0.1) is 46.3 Å². The Morgan fingerprint density at radius 1 is 1.00 bits per heavy atom. The van der Waals surface area contributed by atoms with Crippen molar-refractivity contribution in [1.29, 1.82) is 0 Å². The van der Waals surface area contributed by atoms with Crippen molar-refractivity contribution in [2.24, 2.45) is 46.3 Å². The number of hydrogen-bond acceptors (Lipinski definition) is 3. The van der Waals surface area contributed by atoms with E-state index in [0.29, 0.717) is 17.3 Å². The first-order valence-electron chi connectivity index (χ1n) is 12.2. The molecule has 1 heterocycles. The monoisotopic (exact) mass is 400 g/mol. The highest BCUT2D eigenvalue weighted by Gasteiger charge is 2.68. The van der Waals surface area contributed by atoms with Crippen molar-refractivity contribution in [3.8, 4) is 0 Å². The van der Waals surface area contributed by atoms with Crippen molar-refractivity contribution in [1.82, 2.24) is 0 Å². The topological polar surface area (TPSA) is 49.7 Å². The molecule has 0 radical (unpaired) electrons. The Hall–Kier alpha value is -0.600. The molecule has 2 N–H and O–H groups in total. The summed E-state index contributed by atoms with van der Waals surface area (Å²) in [6, 6.07) is 0. The van der Waals surface area contributed by atoms with Crippen molar-refractivity contribution in [3.63, 3.8) is 0 Å². The van der Waals surface area contributed by atoms with Gasteiger partial charge in [-0.15, -0.1) is 5.73 Å². The lowest BCUT2D eigenvalue weighted by Gasteiger charge is -2.61. The van der Waals surface area contributed by atoms with Gasteiger partial charge in [0.25, 0.3) is 0 Å². The largest absolute Gasteiger partial charge is 0.393 e. The van der Waals surface area contributed by atoms with Gasteiger partial charge in [0.2, 0.25) is 0 Å². The first-order valence-corrected chi connectivity index (χ1v) is 12.2. The molecule has 162 valence electrons. The zero-order valence-corrected chi connectivity index (χ0v) is 18.7.